The maximum Gasteiger partial charge on any atom is 0.321 e. The van der Waals surface area contributed by atoms with Crippen LogP contribution in [-0.4, -0.2) is 21.8 Å². The number of carboxylic acid groups (broad SMARTS) is 1. The maximum atomic E-state index is 10.9. The predicted molar refractivity (Wildman–Crippen MR) is 68.2 cm³/mol. The van der Waals surface area contributed by atoms with Gasteiger partial charge in [0.1, 0.15) is 6.04 Å². The summed E-state index contributed by atoms with van der Waals surface area (Å²) in [5.74, 6) is -0.755. The summed E-state index contributed by atoms with van der Waals surface area (Å²) in [6, 6.07) is 7.58. The lowest BCUT2D eigenvalue weighted by atomic mass is 9.96. The van der Waals surface area contributed by atoms with E-state index in [1.54, 1.807) is 4.67 Å². The van der Waals surface area contributed by atoms with Crippen LogP contribution in [0.5, 0.6) is 0 Å². The summed E-state index contributed by atoms with van der Waals surface area (Å²) in [6.07, 6.45) is 0.592. The monoisotopic (exact) mass is 239 g/mol. The fraction of sp³-hybridized carbons (Fsp3) is 0.417. The predicted octanol–water partition coefficient (Wildman–Crippen LogP) is 2.31. The largest absolute Gasteiger partial charge is 0.480 e. The van der Waals surface area contributed by atoms with Crippen molar-refractivity contribution in [3.63, 3.8) is 0 Å². The van der Waals surface area contributed by atoms with Crippen LogP contribution in [0.15, 0.2) is 24.3 Å². The third-order valence-corrected chi connectivity index (χ3v) is 3.11. The highest BCUT2D eigenvalue weighted by molar-refractivity contribution is 7.13. The standard InChI is InChI=1S/C10H12NO2P.C2H6/c12-10(13)9-5-7-3-1-2-4-8(7)6-11(9)14;1-2/h1-4,9H,5-6,14H2,(H,12,13);1-2H3. The van der Waals surface area contributed by atoms with Crippen molar-refractivity contribution in [2.75, 3.05) is 0 Å². The number of fused-ring (bicyclic) bond motifs is 1. The number of rotatable bonds is 1. The van der Waals surface area contributed by atoms with Crippen LogP contribution in [0.1, 0.15) is 25.0 Å². The van der Waals surface area contributed by atoms with Gasteiger partial charge in [0.05, 0.1) is 0 Å². The van der Waals surface area contributed by atoms with Crippen molar-refractivity contribution in [2.45, 2.75) is 32.9 Å². The molecule has 16 heavy (non-hydrogen) atoms. The molecule has 1 aliphatic rings. The first kappa shape index (κ1) is 13.1. The van der Waals surface area contributed by atoms with Crippen LogP contribution in [0.4, 0.5) is 0 Å². The molecular weight excluding hydrogens is 221 g/mol. The summed E-state index contributed by atoms with van der Waals surface area (Å²) in [7, 11) is 2.49. The molecule has 2 rings (SSSR count). The molecule has 1 aromatic rings. The fourth-order valence-electron chi connectivity index (χ4n) is 1.77. The smallest absolute Gasteiger partial charge is 0.321 e. The highest BCUT2D eigenvalue weighted by atomic mass is 31.0. The molecule has 0 aromatic heterocycles. The van der Waals surface area contributed by atoms with Gasteiger partial charge < -0.3 is 5.11 Å². The van der Waals surface area contributed by atoms with E-state index in [4.69, 9.17) is 5.11 Å². The van der Waals surface area contributed by atoms with Crippen molar-refractivity contribution in [3.05, 3.63) is 35.4 Å². The lowest BCUT2D eigenvalue weighted by Crippen LogP contribution is -2.39. The van der Waals surface area contributed by atoms with Crippen LogP contribution in [0.2, 0.25) is 0 Å². The van der Waals surface area contributed by atoms with Gasteiger partial charge in [0.15, 0.2) is 0 Å². The van der Waals surface area contributed by atoms with Crippen LogP contribution in [0.25, 0.3) is 0 Å². The van der Waals surface area contributed by atoms with Crippen molar-refractivity contribution in [1.29, 1.82) is 0 Å². The Bertz CT molecular complexity index is 368. The Balaban J connectivity index is 0.000000606. The van der Waals surface area contributed by atoms with E-state index in [0.717, 1.165) is 5.56 Å². The van der Waals surface area contributed by atoms with Gasteiger partial charge in [-0.2, -0.15) is 0 Å². The quantitative estimate of drug-likeness (QED) is 0.764. The lowest BCUT2D eigenvalue weighted by molar-refractivity contribution is -0.141. The second kappa shape index (κ2) is 5.97. The second-order valence-electron chi connectivity index (χ2n) is 3.50. The molecule has 1 aliphatic heterocycles. The summed E-state index contributed by atoms with van der Waals surface area (Å²) in [4.78, 5) is 10.9. The van der Waals surface area contributed by atoms with Gasteiger partial charge in [0.2, 0.25) is 0 Å². The normalized spacial score (nSPS) is 19.3. The first-order valence-electron chi connectivity index (χ1n) is 5.49. The third kappa shape index (κ3) is 2.81. The van der Waals surface area contributed by atoms with Crippen molar-refractivity contribution in [3.8, 4) is 0 Å². The Labute approximate surface area is 98.7 Å². The van der Waals surface area contributed by atoms with Crippen molar-refractivity contribution < 1.29 is 9.90 Å². The highest BCUT2D eigenvalue weighted by Gasteiger charge is 2.28. The second-order valence-corrected chi connectivity index (χ2v) is 4.16. The minimum Gasteiger partial charge on any atom is -0.480 e. The van der Waals surface area contributed by atoms with Crippen LogP contribution in [0, 0.1) is 0 Å². The molecular formula is C12H18NO2P. The van der Waals surface area contributed by atoms with Gasteiger partial charge in [-0.3, -0.25) is 9.46 Å². The number of hydrogen-bond donors (Lipinski definition) is 1. The van der Waals surface area contributed by atoms with Gasteiger partial charge in [-0.25, -0.2) is 0 Å². The highest BCUT2D eigenvalue weighted by Crippen LogP contribution is 2.25. The Morgan fingerprint density at radius 3 is 2.50 bits per heavy atom. The average molecular weight is 239 g/mol. The minimum absolute atomic E-state index is 0.408. The molecule has 1 aromatic carbocycles. The average Bonchev–Trinajstić information content (AvgIpc) is 2.30. The van der Waals surface area contributed by atoms with E-state index >= 15 is 0 Å². The molecule has 4 heteroatoms. The van der Waals surface area contributed by atoms with Crippen LogP contribution < -0.4 is 0 Å². The molecule has 0 bridgehead atoms. The molecule has 2 unspecified atom stereocenters. The fourth-order valence-corrected chi connectivity index (χ4v) is 2.20. The summed E-state index contributed by atoms with van der Waals surface area (Å²) < 4.78 is 1.80. The van der Waals surface area contributed by atoms with E-state index in [1.807, 2.05) is 38.1 Å². The van der Waals surface area contributed by atoms with Gasteiger partial charge >= 0.3 is 5.97 Å². The lowest BCUT2D eigenvalue weighted by Gasteiger charge is -2.30. The van der Waals surface area contributed by atoms with E-state index < -0.39 is 12.0 Å². The summed E-state index contributed by atoms with van der Waals surface area (Å²) in [6.45, 7) is 4.69. The molecule has 3 nitrogen and oxygen atoms in total. The van der Waals surface area contributed by atoms with Crippen molar-refractivity contribution in [1.82, 2.24) is 4.67 Å². The number of aliphatic carboxylic acids is 1. The van der Waals surface area contributed by atoms with E-state index in [2.05, 4.69) is 9.39 Å². The first-order chi connectivity index (χ1) is 7.68. The van der Waals surface area contributed by atoms with Crippen LogP contribution in [-0.2, 0) is 17.8 Å². The number of carbonyl (C=O) groups is 1. The van der Waals surface area contributed by atoms with Crippen molar-refractivity contribution in [2.24, 2.45) is 0 Å². The number of benzene rings is 1. The van der Waals surface area contributed by atoms with E-state index in [-0.39, 0.29) is 0 Å². The van der Waals surface area contributed by atoms with Gasteiger partial charge in [0.25, 0.3) is 0 Å². The summed E-state index contributed by atoms with van der Waals surface area (Å²) in [5, 5.41) is 8.98. The Morgan fingerprint density at radius 2 is 1.94 bits per heavy atom. The van der Waals surface area contributed by atoms with Crippen molar-refractivity contribution >= 4 is 15.4 Å². The Morgan fingerprint density at radius 1 is 1.38 bits per heavy atom. The number of nitrogens with zero attached hydrogens (tertiary/aromatic N) is 1. The molecule has 0 spiro atoms. The molecule has 1 heterocycles. The first-order valence-corrected chi connectivity index (χ1v) is 6.01. The number of hydrogen-bond acceptors (Lipinski definition) is 2. The van der Waals surface area contributed by atoms with Crippen LogP contribution >= 0.6 is 9.39 Å². The molecule has 2 atom stereocenters. The summed E-state index contributed by atoms with van der Waals surface area (Å²) in [5.41, 5.74) is 2.37. The van der Waals surface area contributed by atoms with E-state index in [0.29, 0.717) is 13.0 Å². The SMILES string of the molecule is CC.O=C(O)C1Cc2ccccc2CN1P. The number of carboxylic acids is 1. The van der Waals surface area contributed by atoms with Gasteiger partial charge in [-0.05, 0) is 17.5 Å². The summed E-state index contributed by atoms with van der Waals surface area (Å²) >= 11 is 0. The third-order valence-electron chi connectivity index (χ3n) is 2.57. The topological polar surface area (TPSA) is 40.5 Å². The van der Waals surface area contributed by atoms with E-state index in [1.165, 1.54) is 5.56 Å². The van der Waals surface area contributed by atoms with Gasteiger partial charge in [-0.15, -0.1) is 0 Å². The molecule has 1 N–H and O–H groups in total. The van der Waals surface area contributed by atoms with Gasteiger partial charge in [-0.1, -0.05) is 47.5 Å². The zero-order valence-corrected chi connectivity index (χ0v) is 10.8. The Hall–Kier alpha value is -0.920. The molecule has 0 amide bonds. The molecule has 0 fully saturated rings. The molecule has 0 saturated heterocycles. The van der Waals surface area contributed by atoms with Crippen LogP contribution in [0.3, 0.4) is 0 Å². The molecule has 0 saturated carbocycles. The zero-order chi connectivity index (χ0) is 12.1. The Kier molecular flexibility index (Phi) is 4.91. The van der Waals surface area contributed by atoms with Gasteiger partial charge in [0, 0.05) is 6.54 Å². The maximum absolute atomic E-state index is 10.9. The van der Waals surface area contributed by atoms with E-state index in [9.17, 15) is 4.79 Å². The molecule has 0 radical (unpaired) electrons. The molecule has 0 aliphatic carbocycles. The zero-order valence-electron chi connectivity index (χ0n) is 9.68. The minimum atomic E-state index is -0.755. The molecule has 88 valence electrons.